The highest BCUT2D eigenvalue weighted by Crippen LogP contribution is 2.21. The molecule has 0 aromatic carbocycles. The quantitative estimate of drug-likeness (QED) is 0.652. The molecule has 0 aromatic heterocycles. The fourth-order valence-electron chi connectivity index (χ4n) is 2.03. The summed E-state index contributed by atoms with van der Waals surface area (Å²) in [7, 11) is 2.05. The van der Waals surface area contributed by atoms with Crippen LogP contribution in [0.5, 0.6) is 0 Å². The zero-order chi connectivity index (χ0) is 12.6. The van der Waals surface area contributed by atoms with Gasteiger partial charge in [-0.15, -0.1) is 0 Å². The van der Waals surface area contributed by atoms with Crippen LogP contribution < -0.4 is 11.1 Å². The van der Waals surface area contributed by atoms with Crippen LogP contribution in [0.25, 0.3) is 0 Å². The van der Waals surface area contributed by atoms with Crippen LogP contribution in [0.2, 0.25) is 0 Å². The van der Waals surface area contributed by atoms with Gasteiger partial charge >= 0.3 is 0 Å². The molecule has 96 valence electrons. The van der Waals surface area contributed by atoms with Gasteiger partial charge in [-0.3, -0.25) is 9.69 Å². The maximum Gasteiger partial charge on any atom is 0.221 e. The van der Waals surface area contributed by atoms with Gasteiger partial charge in [0.25, 0.3) is 0 Å². The van der Waals surface area contributed by atoms with Gasteiger partial charge in [0, 0.05) is 31.6 Å². The van der Waals surface area contributed by atoms with Gasteiger partial charge in [0.15, 0.2) is 0 Å². The second-order valence-electron chi connectivity index (χ2n) is 4.26. The second kappa shape index (κ2) is 7.63. The number of likely N-dealkylation sites (N-methyl/N-ethyl adjacent to an activating group) is 1. The van der Waals surface area contributed by atoms with E-state index in [9.17, 15) is 4.79 Å². The smallest absolute Gasteiger partial charge is 0.221 e. The lowest BCUT2D eigenvalue weighted by Gasteiger charge is -2.40. The summed E-state index contributed by atoms with van der Waals surface area (Å²) in [5.41, 5.74) is 5.90. The van der Waals surface area contributed by atoms with Gasteiger partial charge < -0.3 is 11.1 Å². The molecule has 0 rings (SSSR count). The summed E-state index contributed by atoms with van der Waals surface area (Å²) in [6.45, 7) is 8.35. The Hall–Kier alpha value is -0.610. The topological polar surface area (TPSA) is 58.4 Å². The minimum atomic E-state index is 0.0481. The minimum absolute atomic E-state index is 0.0481. The highest BCUT2D eigenvalue weighted by Gasteiger charge is 2.29. The van der Waals surface area contributed by atoms with E-state index < -0.39 is 0 Å². The molecule has 0 atom stereocenters. The lowest BCUT2D eigenvalue weighted by atomic mass is 9.91. The highest BCUT2D eigenvalue weighted by molar-refractivity contribution is 5.75. The Morgan fingerprint density at radius 3 is 2.25 bits per heavy atom. The fraction of sp³-hybridized carbons (Fsp3) is 0.917. The number of nitrogens with two attached hydrogens (primary N) is 1. The van der Waals surface area contributed by atoms with E-state index in [1.165, 1.54) is 0 Å². The van der Waals surface area contributed by atoms with Crippen LogP contribution in [0.15, 0.2) is 0 Å². The summed E-state index contributed by atoms with van der Waals surface area (Å²) in [6, 6.07) is 0. The lowest BCUT2D eigenvalue weighted by molar-refractivity contribution is -0.121. The van der Waals surface area contributed by atoms with Crippen LogP contribution in [0.4, 0.5) is 0 Å². The van der Waals surface area contributed by atoms with Crippen molar-refractivity contribution < 1.29 is 4.79 Å². The third-order valence-electron chi connectivity index (χ3n) is 3.55. The molecule has 0 saturated heterocycles. The van der Waals surface area contributed by atoms with E-state index >= 15 is 0 Å². The summed E-state index contributed by atoms with van der Waals surface area (Å²) in [5, 5.41) is 2.81. The first-order chi connectivity index (χ1) is 7.56. The summed E-state index contributed by atoms with van der Waals surface area (Å²) >= 11 is 0. The molecular formula is C12H27N3O. The Labute approximate surface area is 99.6 Å². The molecule has 0 aliphatic heterocycles. The maximum absolute atomic E-state index is 11.4. The average molecular weight is 229 g/mol. The first-order valence-electron chi connectivity index (χ1n) is 6.24. The van der Waals surface area contributed by atoms with Crippen LogP contribution in [0.1, 0.15) is 40.0 Å². The third kappa shape index (κ3) is 4.10. The molecule has 1 amide bonds. The number of hydrogen-bond donors (Lipinski definition) is 2. The van der Waals surface area contributed by atoms with E-state index in [1.807, 2.05) is 6.92 Å². The fourth-order valence-corrected chi connectivity index (χ4v) is 2.03. The van der Waals surface area contributed by atoms with Gasteiger partial charge in [-0.1, -0.05) is 13.8 Å². The number of nitrogens with one attached hydrogen (secondary N) is 1. The molecule has 0 saturated carbocycles. The van der Waals surface area contributed by atoms with Crippen LogP contribution >= 0.6 is 0 Å². The molecule has 3 N–H and O–H groups in total. The lowest BCUT2D eigenvalue weighted by Crippen LogP contribution is -2.52. The Balaban J connectivity index is 4.21. The predicted molar refractivity (Wildman–Crippen MR) is 68.3 cm³/mol. The summed E-state index contributed by atoms with van der Waals surface area (Å²) < 4.78 is 0. The zero-order valence-electron chi connectivity index (χ0n) is 11.2. The minimum Gasteiger partial charge on any atom is -0.356 e. The van der Waals surface area contributed by atoms with Crippen molar-refractivity contribution in [2.75, 3.05) is 26.7 Å². The maximum atomic E-state index is 11.4. The Bertz CT molecular complexity index is 194. The summed E-state index contributed by atoms with van der Waals surface area (Å²) in [5.74, 6) is 0.118. The van der Waals surface area contributed by atoms with E-state index in [0.29, 0.717) is 19.5 Å². The standard InChI is InChI=1S/C12H27N3O/c1-5-12(6-2,10-13)15(4)9-8-11(16)14-7-3/h5-10,13H2,1-4H3,(H,14,16). The molecule has 0 spiro atoms. The van der Waals surface area contributed by atoms with Gasteiger partial charge in [-0.25, -0.2) is 0 Å². The number of rotatable bonds is 8. The SMILES string of the molecule is CCNC(=O)CCN(C)C(CC)(CC)CN. The monoisotopic (exact) mass is 229 g/mol. The van der Waals surface area contributed by atoms with Crippen LogP contribution in [0, 0.1) is 0 Å². The molecule has 0 fully saturated rings. The Morgan fingerprint density at radius 2 is 1.88 bits per heavy atom. The molecule has 0 unspecified atom stereocenters. The largest absolute Gasteiger partial charge is 0.356 e. The molecule has 4 nitrogen and oxygen atoms in total. The van der Waals surface area contributed by atoms with Crippen LogP contribution in [0.3, 0.4) is 0 Å². The number of carbonyl (C=O) groups excluding carboxylic acids is 1. The average Bonchev–Trinajstić information content (AvgIpc) is 2.30. The van der Waals surface area contributed by atoms with Crippen molar-refractivity contribution >= 4 is 5.91 Å². The van der Waals surface area contributed by atoms with E-state index in [-0.39, 0.29) is 11.4 Å². The van der Waals surface area contributed by atoms with E-state index in [4.69, 9.17) is 5.73 Å². The van der Waals surface area contributed by atoms with Gasteiger partial charge in [0.1, 0.15) is 0 Å². The number of nitrogens with zero attached hydrogens (tertiary/aromatic N) is 1. The van der Waals surface area contributed by atoms with E-state index in [1.54, 1.807) is 0 Å². The van der Waals surface area contributed by atoms with Gasteiger partial charge in [-0.05, 0) is 26.8 Å². The number of amides is 1. The van der Waals surface area contributed by atoms with Crippen molar-refractivity contribution in [1.29, 1.82) is 0 Å². The normalized spacial score (nSPS) is 11.9. The van der Waals surface area contributed by atoms with Gasteiger partial charge in [-0.2, -0.15) is 0 Å². The van der Waals surface area contributed by atoms with Gasteiger partial charge in [0.05, 0.1) is 0 Å². The first-order valence-corrected chi connectivity index (χ1v) is 6.24. The molecule has 0 aromatic rings. The van der Waals surface area contributed by atoms with Crippen LogP contribution in [-0.2, 0) is 4.79 Å². The Kier molecular flexibility index (Phi) is 7.34. The van der Waals surface area contributed by atoms with E-state index in [0.717, 1.165) is 19.4 Å². The summed E-state index contributed by atoms with van der Waals surface area (Å²) in [4.78, 5) is 13.6. The van der Waals surface area contributed by atoms with Crippen molar-refractivity contribution in [2.45, 2.75) is 45.6 Å². The van der Waals surface area contributed by atoms with Crippen molar-refractivity contribution in [3.8, 4) is 0 Å². The highest BCUT2D eigenvalue weighted by atomic mass is 16.1. The molecule has 0 aliphatic rings. The van der Waals surface area contributed by atoms with Gasteiger partial charge in [0.2, 0.25) is 5.91 Å². The zero-order valence-corrected chi connectivity index (χ0v) is 11.2. The molecule has 0 radical (unpaired) electrons. The molecule has 0 bridgehead atoms. The van der Waals surface area contributed by atoms with E-state index in [2.05, 4.69) is 31.1 Å². The second-order valence-corrected chi connectivity index (χ2v) is 4.26. The first kappa shape index (κ1) is 15.4. The third-order valence-corrected chi connectivity index (χ3v) is 3.55. The van der Waals surface area contributed by atoms with Crippen molar-refractivity contribution in [3.63, 3.8) is 0 Å². The number of carbonyl (C=O) groups is 1. The molecule has 16 heavy (non-hydrogen) atoms. The van der Waals surface area contributed by atoms with Crippen LogP contribution in [-0.4, -0.2) is 43.0 Å². The number of hydrogen-bond acceptors (Lipinski definition) is 3. The molecule has 0 aliphatic carbocycles. The molecule has 4 heteroatoms. The van der Waals surface area contributed by atoms with Crippen molar-refractivity contribution in [3.05, 3.63) is 0 Å². The Morgan fingerprint density at radius 1 is 1.31 bits per heavy atom. The van der Waals surface area contributed by atoms with Crippen molar-refractivity contribution in [2.24, 2.45) is 5.73 Å². The molecule has 0 heterocycles. The summed E-state index contributed by atoms with van der Waals surface area (Å²) in [6.07, 6.45) is 2.59. The van der Waals surface area contributed by atoms with Crippen molar-refractivity contribution in [1.82, 2.24) is 10.2 Å². The molecular weight excluding hydrogens is 202 g/mol. The predicted octanol–water partition coefficient (Wildman–Crippen LogP) is 0.962.